The maximum atomic E-state index is 12.1. The van der Waals surface area contributed by atoms with Gasteiger partial charge in [0.25, 0.3) is 0 Å². The van der Waals surface area contributed by atoms with Crippen LogP contribution in [0.15, 0.2) is 33.6 Å². The molecule has 0 unspecified atom stereocenters. The second-order valence-corrected chi connectivity index (χ2v) is 6.09. The smallest absolute Gasteiger partial charge is 0.232 e. The van der Waals surface area contributed by atoms with E-state index in [1.165, 1.54) is 0 Å². The fourth-order valence-electron chi connectivity index (χ4n) is 1.67. The number of carbonyl (C=O) groups is 1. The van der Waals surface area contributed by atoms with Crippen molar-refractivity contribution in [1.82, 2.24) is 4.90 Å². The van der Waals surface area contributed by atoms with Crippen LogP contribution in [-0.4, -0.2) is 29.6 Å². The molecule has 0 bridgehead atoms. The summed E-state index contributed by atoms with van der Waals surface area (Å²) in [6.07, 6.45) is 2.05. The summed E-state index contributed by atoms with van der Waals surface area (Å²) in [5.74, 6) is 0.772. The normalized spacial score (nSPS) is 10.4. The fourth-order valence-corrected chi connectivity index (χ4v) is 2.73. The minimum Gasteiger partial charge on any atom is -0.342 e. The second kappa shape index (κ2) is 8.59. The average Bonchev–Trinajstić information content (AvgIpc) is 2.37. The van der Waals surface area contributed by atoms with Gasteiger partial charge >= 0.3 is 0 Å². The molecule has 18 heavy (non-hydrogen) atoms. The fraction of sp³-hybridized carbons (Fsp3) is 0.500. The molecule has 0 saturated heterocycles. The highest BCUT2D eigenvalue weighted by Gasteiger charge is 2.11. The highest BCUT2D eigenvalue weighted by molar-refractivity contribution is 9.10. The first kappa shape index (κ1) is 15.6. The number of halogens is 1. The molecule has 0 atom stereocenters. The van der Waals surface area contributed by atoms with E-state index < -0.39 is 0 Å². The van der Waals surface area contributed by atoms with Gasteiger partial charge < -0.3 is 4.90 Å². The molecule has 0 saturated carbocycles. The molecule has 0 aliphatic rings. The summed E-state index contributed by atoms with van der Waals surface area (Å²) in [4.78, 5) is 15.2. The predicted molar refractivity (Wildman–Crippen MR) is 82.0 cm³/mol. The van der Waals surface area contributed by atoms with Gasteiger partial charge in [-0.05, 0) is 37.1 Å². The van der Waals surface area contributed by atoms with Gasteiger partial charge in [0.15, 0.2) is 0 Å². The van der Waals surface area contributed by atoms with Crippen LogP contribution in [-0.2, 0) is 4.79 Å². The lowest BCUT2D eigenvalue weighted by Gasteiger charge is -2.21. The third-order valence-electron chi connectivity index (χ3n) is 2.52. The highest BCUT2D eigenvalue weighted by atomic mass is 79.9. The zero-order valence-corrected chi connectivity index (χ0v) is 13.4. The van der Waals surface area contributed by atoms with Crippen molar-refractivity contribution in [3.05, 3.63) is 28.7 Å². The molecular formula is C14H20BrNOS. The summed E-state index contributed by atoms with van der Waals surface area (Å²) in [6.45, 7) is 5.96. The Morgan fingerprint density at radius 1 is 1.17 bits per heavy atom. The quantitative estimate of drug-likeness (QED) is 0.699. The lowest BCUT2D eigenvalue weighted by Crippen LogP contribution is -2.33. The monoisotopic (exact) mass is 329 g/mol. The SMILES string of the molecule is CCCN(CCC)C(=O)CSc1ccc(Br)cc1. The van der Waals surface area contributed by atoms with E-state index in [-0.39, 0.29) is 5.91 Å². The number of benzene rings is 1. The molecule has 0 radical (unpaired) electrons. The zero-order valence-electron chi connectivity index (χ0n) is 11.0. The molecule has 1 amide bonds. The summed E-state index contributed by atoms with van der Waals surface area (Å²) in [6, 6.07) is 8.07. The van der Waals surface area contributed by atoms with Crippen LogP contribution in [0.2, 0.25) is 0 Å². The van der Waals surface area contributed by atoms with E-state index in [1.54, 1.807) is 11.8 Å². The number of carbonyl (C=O) groups excluding carboxylic acids is 1. The van der Waals surface area contributed by atoms with Gasteiger partial charge in [0.05, 0.1) is 5.75 Å². The first-order chi connectivity index (χ1) is 8.67. The van der Waals surface area contributed by atoms with Crippen molar-refractivity contribution in [1.29, 1.82) is 0 Å². The van der Waals surface area contributed by atoms with Gasteiger partial charge in [-0.3, -0.25) is 4.79 Å². The number of rotatable bonds is 7. The summed E-state index contributed by atoms with van der Waals surface area (Å²) in [5.41, 5.74) is 0. The number of nitrogens with zero attached hydrogens (tertiary/aromatic N) is 1. The van der Waals surface area contributed by atoms with Crippen LogP contribution in [0.1, 0.15) is 26.7 Å². The van der Waals surface area contributed by atoms with Gasteiger partial charge in [0.1, 0.15) is 0 Å². The van der Waals surface area contributed by atoms with Crippen molar-refractivity contribution >= 4 is 33.6 Å². The van der Waals surface area contributed by atoms with Crippen molar-refractivity contribution in [2.75, 3.05) is 18.8 Å². The highest BCUT2D eigenvalue weighted by Crippen LogP contribution is 2.21. The van der Waals surface area contributed by atoms with Crippen LogP contribution in [0.3, 0.4) is 0 Å². The molecule has 0 aromatic heterocycles. The van der Waals surface area contributed by atoms with E-state index in [0.29, 0.717) is 5.75 Å². The molecule has 0 heterocycles. The standard InChI is InChI=1S/C14H20BrNOS/c1-3-9-16(10-4-2)14(17)11-18-13-7-5-12(15)6-8-13/h5-8H,3-4,9-11H2,1-2H3. The van der Waals surface area contributed by atoms with E-state index in [0.717, 1.165) is 35.3 Å². The van der Waals surface area contributed by atoms with E-state index >= 15 is 0 Å². The Kier molecular flexibility index (Phi) is 7.44. The van der Waals surface area contributed by atoms with Crippen LogP contribution < -0.4 is 0 Å². The Labute approximate surface area is 122 Å². The lowest BCUT2D eigenvalue weighted by atomic mass is 10.3. The van der Waals surface area contributed by atoms with E-state index in [2.05, 4.69) is 29.8 Å². The van der Waals surface area contributed by atoms with Gasteiger partial charge in [-0.2, -0.15) is 0 Å². The molecule has 100 valence electrons. The third-order valence-corrected chi connectivity index (χ3v) is 4.04. The Hall–Kier alpha value is -0.480. The predicted octanol–water partition coefficient (Wildman–Crippen LogP) is 4.19. The summed E-state index contributed by atoms with van der Waals surface area (Å²) in [5, 5.41) is 0. The van der Waals surface area contributed by atoms with Crippen molar-refractivity contribution in [3.8, 4) is 0 Å². The van der Waals surface area contributed by atoms with Crippen LogP contribution in [0.25, 0.3) is 0 Å². The number of amides is 1. The third kappa shape index (κ3) is 5.44. The van der Waals surface area contributed by atoms with Crippen LogP contribution in [0.5, 0.6) is 0 Å². The Morgan fingerprint density at radius 2 is 1.72 bits per heavy atom. The topological polar surface area (TPSA) is 20.3 Å². The average molecular weight is 330 g/mol. The van der Waals surface area contributed by atoms with Crippen LogP contribution >= 0.6 is 27.7 Å². The molecule has 1 aromatic rings. The number of thioether (sulfide) groups is 1. The lowest BCUT2D eigenvalue weighted by molar-refractivity contribution is -0.128. The van der Waals surface area contributed by atoms with E-state index in [9.17, 15) is 4.79 Å². The summed E-state index contributed by atoms with van der Waals surface area (Å²) >= 11 is 5.01. The second-order valence-electron chi connectivity index (χ2n) is 4.12. The molecule has 0 aliphatic carbocycles. The first-order valence-electron chi connectivity index (χ1n) is 6.33. The molecule has 0 N–H and O–H groups in total. The van der Waals surface area contributed by atoms with Gasteiger partial charge in [0, 0.05) is 22.5 Å². The Bertz CT molecular complexity index is 361. The number of hydrogen-bond donors (Lipinski definition) is 0. The molecular weight excluding hydrogens is 310 g/mol. The van der Waals surface area contributed by atoms with Crippen molar-refractivity contribution in [3.63, 3.8) is 0 Å². The van der Waals surface area contributed by atoms with Crippen molar-refractivity contribution in [2.45, 2.75) is 31.6 Å². The van der Waals surface area contributed by atoms with Gasteiger partial charge in [-0.15, -0.1) is 11.8 Å². The number of hydrogen-bond acceptors (Lipinski definition) is 2. The van der Waals surface area contributed by atoms with Gasteiger partial charge in [0.2, 0.25) is 5.91 Å². The van der Waals surface area contributed by atoms with Gasteiger partial charge in [-0.25, -0.2) is 0 Å². The molecule has 2 nitrogen and oxygen atoms in total. The Morgan fingerprint density at radius 3 is 2.22 bits per heavy atom. The molecule has 0 fully saturated rings. The molecule has 0 spiro atoms. The first-order valence-corrected chi connectivity index (χ1v) is 8.11. The zero-order chi connectivity index (χ0) is 13.4. The summed E-state index contributed by atoms with van der Waals surface area (Å²) < 4.78 is 1.07. The molecule has 0 aliphatic heterocycles. The van der Waals surface area contributed by atoms with Crippen LogP contribution in [0, 0.1) is 0 Å². The molecule has 1 rings (SSSR count). The maximum absolute atomic E-state index is 12.1. The molecule has 1 aromatic carbocycles. The maximum Gasteiger partial charge on any atom is 0.232 e. The largest absolute Gasteiger partial charge is 0.342 e. The Balaban J connectivity index is 2.45. The van der Waals surface area contributed by atoms with Gasteiger partial charge in [-0.1, -0.05) is 29.8 Å². The van der Waals surface area contributed by atoms with Crippen LogP contribution in [0.4, 0.5) is 0 Å². The minimum absolute atomic E-state index is 0.242. The van der Waals surface area contributed by atoms with Crippen molar-refractivity contribution < 1.29 is 4.79 Å². The molecule has 4 heteroatoms. The minimum atomic E-state index is 0.242. The van der Waals surface area contributed by atoms with E-state index in [1.807, 2.05) is 29.2 Å². The summed E-state index contributed by atoms with van der Waals surface area (Å²) in [7, 11) is 0. The van der Waals surface area contributed by atoms with Crippen molar-refractivity contribution in [2.24, 2.45) is 0 Å². The van der Waals surface area contributed by atoms with E-state index in [4.69, 9.17) is 0 Å².